The molecule has 0 amide bonds. The van der Waals surface area contributed by atoms with E-state index in [1.807, 2.05) is 0 Å². The number of nitrogens with two attached hydrogens (primary N) is 1. The first-order valence-electron chi connectivity index (χ1n) is 6.58. The van der Waals surface area contributed by atoms with Gasteiger partial charge in [0.1, 0.15) is 0 Å². The van der Waals surface area contributed by atoms with Gasteiger partial charge >= 0.3 is 0 Å². The second-order valence-electron chi connectivity index (χ2n) is 6.40. The normalized spacial score (nSPS) is 30.8. The van der Waals surface area contributed by atoms with Gasteiger partial charge < -0.3 is 5.73 Å². The van der Waals surface area contributed by atoms with Crippen LogP contribution in [0.3, 0.4) is 0 Å². The zero-order chi connectivity index (χ0) is 11.9. The van der Waals surface area contributed by atoms with Gasteiger partial charge in [-0.3, -0.25) is 0 Å². The Kier molecular flexibility index (Phi) is 3.55. The summed E-state index contributed by atoms with van der Waals surface area (Å²) in [6.07, 6.45) is 3.84. The minimum atomic E-state index is 0.0509. The Morgan fingerprint density at radius 1 is 0.800 bits per heavy atom. The van der Waals surface area contributed by atoms with E-state index in [-0.39, 0.29) is 5.54 Å². The second-order valence-corrected chi connectivity index (χ2v) is 6.40. The molecule has 1 atom stereocenters. The van der Waals surface area contributed by atoms with E-state index >= 15 is 0 Å². The highest BCUT2D eigenvalue weighted by molar-refractivity contribution is 5.11. The van der Waals surface area contributed by atoms with Crippen molar-refractivity contribution in [3.8, 4) is 0 Å². The van der Waals surface area contributed by atoms with E-state index in [2.05, 4.69) is 41.5 Å². The summed E-state index contributed by atoms with van der Waals surface area (Å²) in [5.41, 5.74) is 7.18. The maximum Gasteiger partial charge on any atom is 0.0239 e. The maximum absolute atomic E-state index is 6.78. The summed E-state index contributed by atoms with van der Waals surface area (Å²) in [7, 11) is 0. The zero-order valence-electron chi connectivity index (χ0n) is 11.4. The van der Waals surface area contributed by atoms with Crippen LogP contribution in [0.2, 0.25) is 0 Å². The van der Waals surface area contributed by atoms with Gasteiger partial charge in [-0.1, -0.05) is 48.0 Å². The van der Waals surface area contributed by atoms with Crippen molar-refractivity contribution in [2.24, 2.45) is 28.9 Å². The molecule has 1 rings (SSSR count). The number of hydrogen-bond acceptors (Lipinski definition) is 1. The van der Waals surface area contributed by atoms with E-state index in [1.54, 1.807) is 0 Å². The lowest BCUT2D eigenvalue weighted by molar-refractivity contribution is 0.00822. The molecule has 0 heterocycles. The lowest BCUT2D eigenvalue weighted by atomic mass is 9.56. The van der Waals surface area contributed by atoms with Crippen molar-refractivity contribution in [1.29, 1.82) is 0 Å². The Balaban J connectivity index is 3.17. The van der Waals surface area contributed by atoms with Gasteiger partial charge in [0.05, 0.1) is 0 Å². The first-order chi connectivity index (χ1) is 6.79. The van der Waals surface area contributed by atoms with Crippen LogP contribution >= 0.6 is 0 Å². The Hall–Kier alpha value is -0.0400. The average molecular weight is 211 g/mol. The largest absolute Gasteiger partial charge is 0.324 e. The maximum atomic E-state index is 6.78. The SMILES string of the molecule is CC(C)C1(N)CCCC1(C(C)C)C(C)C. The summed E-state index contributed by atoms with van der Waals surface area (Å²) >= 11 is 0. The van der Waals surface area contributed by atoms with Crippen molar-refractivity contribution < 1.29 is 0 Å². The molecule has 1 aliphatic carbocycles. The summed E-state index contributed by atoms with van der Waals surface area (Å²) < 4.78 is 0. The number of rotatable bonds is 3. The van der Waals surface area contributed by atoms with Gasteiger partial charge in [-0.15, -0.1) is 0 Å². The van der Waals surface area contributed by atoms with Gasteiger partial charge in [0, 0.05) is 5.54 Å². The van der Waals surface area contributed by atoms with Gasteiger partial charge in [-0.25, -0.2) is 0 Å². The summed E-state index contributed by atoms with van der Waals surface area (Å²) in [5.74, 6) is 1.96. The lowest BCUT2D eigenvalue weighted by Crippen LogP contribution is -2.60. The van der Waals surface area contributed by atoms with Crippen molar-refractivity contribution >= 4 is 0 Å². The van der Waals surface area contributed by atoms with E-state index in [4.69, 9.17) is 5.73 Å². The molecule has 1 heteroatoms. The van der Waals surface area contributed by atoms with E-state index in [9.17, 15) is 0 Å². The zero-order valence-corrected chi connectivity index (χ0v) is 11.4. The fourth-order valence-corrected chi connectivity index (χ4v) is 4.28. The van der Waals surface area contributed by atoms with Crippen LogP contribution in [0, 0.1) is 23.2 Å². The molecule has 15 heavy (non-hydrogen) atoms. The first-order valence-corrected chi connectivity index (χ1v) is 6.58. The Bertz CT molecular complexity index is 209. The smallest absolute Gasteiger partial charge is 0.0239 e. The van der Waals surface area contributed by atoms with Gasteiger partial charge in [0.25, 0.3) is 0 Å². The van der Waals surface area contributed by atoms with Crippen LogP contribution in [0.5, 0.6) is 0 Å². The molecule has 0 aromatic rings. The molecular weight excluding hydrogens is 182 g/mol. The van der Waals surface area contributed by atoms with Crippen LogP contribution in [0.15, 0.2) is 0 Å². The van der Waals surface area contributed by atoms with Crippen LogP contribution in [0.1, 0.15) is 60.8 Å². The molecule has 0 bridgehead atoms. The summed E-state index contributed by atoms with van der Waals surface area (Å²) in [4.78, 5) is 0. The third-order valence-electron chi connectivity index (χ3n) is 5.14. The average Bonchev–Trinajstić information content (AvgIpc) is 2.44. The Morgan fingerprint density at radius 2 is 1.27 bits per heavy atom. The molecule has 1 aliphatic rings. The molecule has 0 saturated heterocycles. The van der Waals surface area contributed by atoms with Crippen LogP contribution in [0.25, 0.3) is 0 Å². The number of hydrogen-bond donors (Lipinski definition) is 1. The van der Waals surface area contributed by atoms with Crippen LogP contribution < -0.4 is 5.73 Å². The predicted molar refractivity (Wildman–Crippen MR) is 67.7 cm³/mol. The van der Waals surface area contributed by atoms with Crippen molar-refractivity contribution in [3.63, 3.8) is 0 Å². The second kappa shape index (κ2) is 4.08. The van der Waals surface area contributed by atoms with E-state index < -0.39 is 0 Å². The van der Waals surface area contributed by atoms with Crippen LogP contribution in [0.4, 0.5) is 0 Å². The highest BCUT2D eigenvalue weighted by Crippen LogP contribution is 2.57. The van der Waals surface area contributed by atoms with Crippen LogP contribution in [-0.4, -0.2) is 5.54 Å². The quantitative estimate of drug-likeness (QED) is 0.754. The van der Waals surface area contributed by atoms with E-state index in [0.717, 1.165) is 0 Å². The molecule has 2 N–H and O–H groups in total. The molecule has 1 nitrogen and oxygen atoms in total. The van der Waals surface area contributed by atoms with Gasteiger partial charge in [0.2, 0.25) is 0 Å². The summed E-state index contributed by atoms with van der Waals surface area (Å²) in [5, 5.41) is 0. The minimum absolute atomic E-state index is 0.0509. The molecule has 0 spiro atoms. The molecule has 1 saturated carbocycles. The van der Waals surface area contributed by atoms with Gasteiger partial charge in [-0.05, 0) is 36.0 Å². The summed E-state index contributed by atoms with van der Waals surface area (Å²) in [6, 6.07) is 0. The topological polar surface area (TPSA) is 26.0 Å². The Labute approximate surface area is 95.8 Å². The molecule has 0 aliphatic heterocycles. The molecule has 1 fully saturated rings. The summed E-state index contributed by atoms with van der Waals surface area (Å²) in [6.45, 7) is 14.0. The van der Waals surface area contributed by atoms with Crippen LogP contribution in [-0.2, 0) is 0 Å². The van der Waals surface area contributed by atoms with E-state index in [1.165, 1.54) is 19.3 Å². The highest BCUT2D eigenvalue weighted by atomic mass is 14.8. The third-order valence-corrected chi connectivity index (χ3v) is 5.14. The van der Waals surface area contributed by atoms with Crippen molar-refractivity contribution in [2.45, 2.75) is 66.3 Å². The molecule has 0 radical (unpaired) electrons. The monoisotopic (exact) mass is 211 g/mol. The standard InChI is InChI=1S/C14H29N/c1-10(2)13(11(3)4)8-7-9-14(13,15)12(5)6/h10-12H,7-9,15H2,1-6H3. The highest BCUT2D eigenvalue weighted by Gasteiger charge is 2.56. The molecule has 0 aromatic carbocycles. The fourth-order valence-electron chi connectivity index (χ4n) is 4.28. The van der Waals surface area contributed by atoms with E-state index in [0.29, 0.717) is 23.2 Å². The fraction of sp³-hybridized carbons (Fsp3) is 1.00. The van der Waals surface area contributed by atoms with Gasteiger partial charge in [-0.2, -0.15) is 0 Å². The van der Waals surface area contributed by atoms with Gasteiger partial charge in [0.15, 0.2) is 0 Å². The molecule has 0 aromatic heterocycles. The lowest BCUT2D eigenvalue weighted by Gasteiger charge is -2.52. The molecule has 90 valence electrons. The van der Waals surface area contributed by atoms with Crippen molar-refractivity contribution in [3.05, 3.63) is 0 Å². The Morgan fingerprint density at radius 3 is 1.53 bits per heavy atom. The third kappa shape index (κ3) is 1.63. The predicted octanol–water partition coefficient (Wildman–Crippen LogP) is 3.82. The molecular formula is C14H29N. The first kappa shape index (κ1) is 13.0. The van der Waals surface area contributed by atoms with Crippen molar-refractivity contribution in [2.75, 3.05) is 0 Å². The molecule has 1 unspecified atom stereocenters. The van der Waals surface area contributed by atoms with Crippen molar-refractivity contribution in [1.82, 2.24) is 0 Å². The minimum Gasteiger partial charge on any atom is -0.324 e.